The van der Waals surface area contributed by atoms with Gasteiger partial charge in [0.2, 0.25) is 5.28 Å². The third-order valence-corrected chi connectivity index (χ3v) is 3.34. The van der Waals surface area contributed by atoms with Crippen LogP contribution in [0.25, 0.3) is 0 Å². The van der Waals surface area contributed by atoms with Crippen LogP contribution < -0.4 is 11.1 Å². The Kier molecular flexibility index (Phi) is 5.15. The molecule has 2 aromatic rings. The van der Waals surface area contributed by atoms with Crippen LogP contribution >= 0.6 is 23.2 Å². The smallest absolute Gasteiger partial charge is 0.250 e. The summed E-state index contributed by atoms with van der Waals surface area (Å²) in [4.78, 5) is 19.4. The van der Waals surface area contributed by atoms with Crippen molar-refractivity contribution in [3.8, 4) is 6.07 Å². The summed E-state index contributed by atoms with van der Waals surface area (Å²) in [6.07, 6.45) is 2.10. The molecule has 2 rings (SSSR count). The third-order valence-electron chi connectivity index (χ3n) is 2.88. The predicted octanol–water partition coefficient (Wildman–Crippen LogP) is 3.08. The Labute approximate surface area is 136 Å². The maximum atomic E-state index is 11.6. The zero-order valence-electron chi connectivity index (χ0n) is 11.3. The van der Waals surface area contributed by atoms with Crippen molar-refractivity contribution < 1.29 is 4.79 Å². The lowest BCUT2D eigenvalue weighted by Gasteiger charge is -2.15. The van der Waals surface area contributed by atoms with Crippen molar-refractivity contribution in [2.75, 3.05) is 5.32 Å². The zero-order chi connectivity index (χ0) is 16.1. The fraction of sp³-hybridized carbons (Fsp3) is 0.143. The fourth-order valence-electron chi connectivity index (χ4n) is 1.90. The molecule has 0 radical (unpaired) electrons. The van der Waals surface area contributed by atoms with Crippen molar-refractivity contribution in [3.63, 3.8) is 0 Å². The van der Waals surface area contributed by atoms with Crippen LogP contribution in [0.3, 0.4) is 0 Å². The SMILES string of the molecule is N#CCCc1cccc(C(N)=O)c1Nc1nc(Cl)ncc1Cl. The van der Waals surface area contributed by atoms with E-state index in [0.717, 1.165) is 5.56 Å². The molecule has 1 amide bonds. The lowest BCUT2D eigenvalue weighted by atomic mass is 10.0. The number of carbonyl (C=O) groups is 1. The molecule has 0 atom stereocenters. The standard InChI is InChI=1S/C14H11Cl2N5O/c15-10-7-19-14(16)21-13(10)20-11-8(4-2-6-17)3-1-5-9(11)12(18)22/h1,3,5,7H,2,4H2,(H2,18,22)(H,19,20,21). The van der Waals surface area contributed by atoms with E-state index in [0.29, 0.717) is 18.5 Å². The number of hydrogen-bond acceptors (Lipinski definition) is 5. The van der Waals surface area contributed by atoms with E-state index in [9.17, 15) is 4.79 Å². The van der Waals surface area contributed by atoms with Crippen LogP contribution in [-0.2, 0) is 6.42 Å². The molecule has 8 heteroatoms. The Morgan fingerprint density at radius 3 is 2.86 bits per heavy atom. The third kappa shape index (κ3) is 3.64. The van der Waals surface area contributed by atoms with Crippen LogP contribution in [0, 0.1) is 11.3 Å². The van der Waals surface area contributed by atoms with Gasteiger partial charge in [-0.05, 0) is 29.7 Å². The molecule has 0 aliphatic carbocycles. The van der Waals surface area contributed by atoms with Crippen molar-refractivity contribution >= 4 is 40.6 Å². The van der Waals surface area contributed by atoms with Gasteiger partial charge in [-0.2, -0.15) is 10.2 Å². The van der Waals surface area contributed by atoms with Crippen LogP contribution in [0.4, 0.5) is 11.5 Å². The van der Waals surface area contributed by atoms with Crippen LogP contribution in [0.2, 0.25) is 10.3 Å². The highest BCUT2D eigenvalue weighted by molar-refractivity contribution is 6.33. The molecule has 0 spiro atoms. The number of benzene rings is 1. The molecule has 0 aliphatic heterocycles. The Hall–Kier alpha value is -2.36. The molecular formula is C14H11Cl2N5O. The molecule has 6 nitrogen and oxygen atoms in total. The van der Waals surface area contributed by atoms with E-state index in [1.165, 1.54) is 6.20 Å². The molecule has 3 N–H and O–H groups in total. The highest BCUT2D eigenvalue weighted by Gasteiger charge is 2.15. The number of amides is 1. The van der Waals surface area contributed by atoms with Gasteiger partial charge in [0.05, 0.1) is 23.5 Å². The first kappa shape index (κ1) is 16.0. The number of primary amides is 1. The van der Waals surface area contributed by atoms with Crippen molar-refractivity contribution in [1.82, 2.24) is 9.97 Å². The van der Waals surface area contributed by atoms with Gasteiger partial charge in [0, 0.05) is 6.42 Å². The number of nitrogens with one attached hydrogen (secondary N) is 1. The van der Waals surface area contributed by atoms with E-state index in [4.69, 9.17) is 34.2 Å². The van der Waals surface area contributed by atoms with Crippen molar-refractivity contribution in [2.45, 2.75) is 12.8 Å². The van der Waals surface area contributed by atoms with E-state index in [1.807, 2.05) is 0 Å². The molecule has 1 heterocycles. The molecule has 112 valence electrons. The molecule has 0 unspecified atom stereocenters. The van der Waals surface area contributed by atoms with Crippen LogP contribution in [0.15, 0.2) is 24.4 Å². The van der Waals surface area contributed by atoms with Gasteiger partial charge < -0.3 is 11.1 Å². The number of halogens is 2. The Bertz CT molecular complexity index is 757. The average Bonchev–Trinajstić information content (AvgIpc) is 2.49. The lowest BCUT2D eigenvalue weighted by Crippen LogP contribution is -2.15. The van der Waals surface area contributed by atoms with E-state index < -0.39 is 5.91 Å². The molecule has 1 aromatic carbocycles. The Balaban J connectivity index is 2.49. The van der Waals surface area contributed by atoms with E-state index in [-0.39, 0.29) is 21.7 Å². The second-order valence-electron chi connectivity index (χ2n) is 4.32. The van der Waals surface area contributed by atoms with Crippen LogP contribution in [0.1, 0.15) is 22.3 Å². The summed E-state index contributed by atoms with van der Waals surface area (Å²) in [6.45, 7) is 0. The second kappa shape index (κ2) is 7.07. The van der Waals surface area contributed by atoms with Crippen LogP contribution in [-0.4, -0.2) is 15.9 Å². The summed E-state index contributed by atoms with van der Waals surface area (Å²) in [5, 5.41) is 12.0. The Morgan fingerprint density at radius 1 is 1.41 bits per heavy atom. The zero-order valence-corrected chi connectivity index (χ0v) is 12.8. The first-order valence-corrected chi connectivity index (χ1v) is 7.02. The number of nitriles is 1. The monoisotopic (exact) mass is 335 g/mol. The number of aryl methyl sites for hydroxylation is 1. The van der Waals surface area contributed by atoms with Gasteiger partial charge in [0.15, 0.2) is 5.82 Å². The molecule has 22 heavy (non-hydrogen) atoms. The molecule has 0 saturated carbocycles. The molecule has 0 fully saturated rings. The Morgan fingerprint density at radius 2 is 2.18 bits per heavy atom. The summed E-state index contributed by atoms with van der Waals surface area (Å²) in [6, 6.07) is 7.14. The van der Waals surface area contributed by atoms with Gasteiger partial charge in [0.1, 0.15) is 5.02 Å². The van der Waals surface area contributed by atoms with Crippen LogP contribution in [0.5, 0.6) is 0 Å². The van der Waals surface area contributed by atoms with Gasteiger partial charge in [-0.15, -0.1) is 0 Å². The summed E-state index contributed by atoms with van der Waals surface area (Å²) in [5.74, 6) is -0.342. The lowest BCUT2D eigenvalue weighted by molar-refractivity contribution is 0.100. The molecule has 0 bridgehead atoms. The minimum Gasteiger partial charge on any atom is -0.366 e. The topological polar surface area (TPSA) is 105 Å². The minimum atomic E-state index is -0.599. The number of hydrogen-bond donors (Lipinski definition) is 2. The average molecular weight is 336 g/mol. The molecule has 0 saturated heterocycles. The van der Waals surface area contributed by atoms with Crippen molar-refractivity contribution in [2.24, 2.45) is 5.73 Å². The fourth-order valence-corrected chi connectivity index (χ4v) is 2.18. The van der Waals surface area contributed by atoms with Gasteiger partial charge in [-0.25, -0.2) is 4.98 Å². The quantitative estimate of drug-likeness (QED) is 0.817. The summed E-state index contributed by atoms with van der Waals surface area (Å²) < 4.78 is 0. The number of para-hydroxylation sites is 1. The maximum absolute atomic E-state index is 11.6. The second-order valence-corrected chi connectivity index (χ2v) is 5.07. The molecular weight excluding hydrogens is 325 g/mol. The largest absolute Gasteiger partial charge is 0.366 e. The minimum absolute atomic E-state index is 0.0158. The van der Waals surface area contributed by atoms with Gasteiger partial charge in [-0.3, -0.25) is 4.79 Å². The van der Waals surface area contributed by atoms with E-state index in [1.54, 1.807) is 18.2 Å². The van der Waals surface area contributed by atoms with Crippen molar-refractivity contribution in [1.29, 1.82) is 5.26 Å². The first-order chi connectivity index (χ1) is 10.5. The number of aromatic nitrogens is 2. The van der Waals surface area contributed by atoms with E-state index in [2.05, 4.69) is 21.4 Å². The number of nitrogens with zero attached hydrogens (tertiary/aromatic N) is 3. The summed E-state index contributed by atoms with van der Waals surface area (Å²) in [5.41, 5.74) is 6.89. The van der Waals surface area contributed by atoms with Crippen molar-refractivity contribution in [3.05, 3.63) is 45.8 Å². The highest BCUT2D eigenvalue weighted by atomic mass is 35.5. The maximum Gasteiger partial charge on any atom is 0.250 e. The molecule has 0 aliphatic rings. The number of anilines is 2. The summed E-state index contributed by atoms with van der Waals surface area (Å²) >= 11 is 11.8. The number of carbonyl (C=O) groups excluding carboxylic acids is 1. The highest BCUT2D eigenvalue weighted by Crippen LogP contribution is 2.29. The van der Waals surface area contributed by atoms with Gasteiger partial charge in [0.25, 0.3) is 5.91 Å². The number of rotatable bonds is 5. The normalized spacial score (nSPS) is 10.0. The number of nitrogens with two attached hydrogens (primary N) is 1. The molecule has 1 aromatic heterocycles. The van der Waals surface area contributed by atoms with E-state index >= 15 is 0 Å². The summed E-state index contributed by atoms with van der Waals surface area (Å²) in [7, 11) is 0. The van der Waals surface area contributed by atoms with Gasteiger partial charge in [-0.1, -0.05) is 23.7 Å². The predicted molar refractivity (Wildman–Crippen MR) is 84.2 cm³/mol. The first-order valence-electron chi connectivity index (χ1n) is 6.26. The van der Waals surface area contributed by atoms with Gasteiger partial charge >= 0.3 is 0 Å².